The first-order valence-corrected chi connectivity index (χ1v) is 6.95. The number of benzene rings is 2. The SMILES string of the molecule is C=C(CC(=O)c1ccccc1)Nc1ccccc1OCC. The van der Waals surface area contributed by atoms with E-state index in [-0.39, 0.29) is 12.2 Å². The van der Waals surface area contributed by atoms with Crippen LogP contribution in [-0.2, 0) is 0 Å². The van der Waals surface area contributed by atoms with Crippen molar-refractivity contribution >= 4 is 11.5 Å². The molecular formula is C18H19NO2. The van der Waals surface area contributed by atoms with Crippen molar-refractivity contribution < 1.29 is 9.53 Å². The lowest BCUT2D eigenvalue weighted by Gasteiger charge is -2.13. The summed E-state index contributed by atoms with van der Waals surface area (Å²) in [5.41, 5.74) is 2.17. The van der Waals surface area contributed by atoms with Crippen molar-refractivity contribution in [3.8, 4) is 5.75 Å². The Morgan fingerprint density at radius 2 is 1.76 bits per heavy atom. The van der Waals surface area contributed by atoms with Crippen molar-refractivity contribution in [2.75, 3.05) is 11.9 Å². The minimum Gasteiger partial charge on any atom is -0.492 e. The van der Waals surface area contributed by atoms with Crippen LogP contribution in [0.15, 0.2) is 66.9 Å². The van der Waals surface area contributed by atoms with Gasteiger partial charge in [0.25, 0.3) is 0 Å². The smallest absolute Gasteiger partial charge is 0.168 e. The summed E-state index contributed by atoms with van der Waals surface area (Å²) >= 11 is 0. The van der Waals surface area contributed by atoms with Crippen LogP contribution in [0, 0.1) is 0 Å². The van der Waals surface area contributed by atoms with Gasteiger partial charge in [-0.25, -0.2) is 0 Å². The van der Waals surface area contributed by atoms with Crippen LogP contribution in [0.25, 0.3) is 0 Å². The molecule has 0 aliphatic heterocycles. The van der Waals surface area contributed by atoms with Gasteiger partial charge >= 0.3 is 0 Å². The van der Waals surface area contributed by atoms with Gasteiger partial charge < -0.3 is 10.1 Å². The molecule has 0 unspecified atom stereocenters. The van der Waals surface area contributed by atoms with E-state index in [1.165, 1.54) is 0 Å². The second-order valence-electron chi connectivity index (χ2n) is 4.62. The number of carbonyl (C=O) groups is 1. The molecule has 21 heavy (non-hydrogen) atoms. The van der Waals surface area contributed by atoms with Crippen molar-refractivity contribution in [3.05, 3.63) is 72.4 Å². The number of ketones is 1. The number of Topliss-reactive ketones (excluding diaryl/α,β-unsaturated/α-hetero) is 1. The van der Waals surface area contributed by atoms with Gasteiger partial charge in [-0.1, -0.05) is 49.0 Å². The Hall–Kier alpha value is -2.55. The summed E-state index contributed by atoms with van der Waals surface area (Å²) in [5.74, 6) is 0.801. The fourth-order valence-corrected chi connectivity index (χ4v) is 2.01. The Morgan fingerprint density at radius 3 is 2.48 bits per heavy atom. The van der Waals surface area contributed by atoms with Gasteiger partial charge in [0.2, 0.25) is 0 Å². The summed E-state index contributed by atoms with van der Waals surface area (Å²) in [5, 5.41) is 3.16. The zero-order chi connectivity index (χ0) is 15.1. The van der Waals surface area contributed by atoms with Crippen LogP contribution >= 0.6 is 0 Å². The molecule has 0 amide bonds. The molecule has 0 radical (unpaired) electrons. The van der Waals surface area contributed by atoms with Crippen molar-refractivity contribution in [2.24, 2.45) is 0 Å². The number of rotatable bonds is 7. The molecule has 2 aromatic rings. The molecule has 3 nitrogen and oxygen atoms in total. The molecule has 0 atom stereocenters. The predicted octanol–water partition coefficient (Wildman–Crippen LogP) is 4.28. The Labute approximate surface area is 125 Å². The van der Waals surface area contributed by atoms with Gasteiger partial charge in [0, 0.05) is 11.3 Å². The maximum absolute atomic E-state index is 12.1. The van der Waals surface area contributed by atoms with Crippen molar-refractivity contribution in [1.29, 1.82) is 0 Å². The lowest BCUT2D eigenvalue weighted by molar-refractivity contribution is 0.0993. The third kappa shape index (κ3) is 4.21. The van der Waals surface area contributed by atoms with Crippen LogP contribution in [0.4, 0.5) is 5.69 Å². The Bertz CT molecular complexity index is 620. The summed E-state index contributed by atoms with van der Waals surface area (Å²) in [7, 11) is 0. The zero-order valence-corrected chi connectivity index (χ0v) is 12.1. The van der Waals surface area contributed by atoms with E-state index in [1.807, 2.05) is 61.5 Å². The molecular weight excluding hydrogens is 262 g/mol. The third-order valence-corrected chi connectivity index (χ3v) is 2.97. The minimum atomic E-state index is 0.0435. The van der Waals surface area contributed by atoms with Crippen molar-refractivity contribution in [3.63, 3.8) is 0 Å². The van der Waals surface area contributed by atoms with E-state index in [1.54, 1.807) is 0 Å². The molecule has 108 valence electrons. The Morgan fingerprint density at radius 1 is 1.10 bits per heavy atom. The summed E-state index contributed by atoms with van der Waals surface area (Å²) in [6.07, 6.45) is 0.254. The highest BCUT2D eigenvalue weighted by Crippen LogP contribution is 2.25. The normalized spacial score (nSPS) is 9.95. The average Bonchev–Trinajstić information content (AvgIpc) is 2.50. The highest BCUT2D eigenvalue weighted by atomic mass is 16.5. The van der Waals surface area contributed by atoms with E-state index in [9.17, 15) is 4.79 Å². The summed E-state index contributed by atoms with van der Waals surface area (Å²) in [4.78, 5) is 12.1. The number of allylic oxidation sites excluding steroid dienone is 1. The third-order valence-electron chi connectivity index (χ3n) is 2.97. The van der Waals surface area contributed by atoms with Crippen molar-refractivity contribution in [2.45, 2.75) is 13.3 Å². The second kappa shape index (κ2) is 7.29. The molecule has 0 saturated carbocycles. The Kier molecular flexibility index (Phi) is 5.16. The van der Waals surface area contributed by atoms with Crippen LogP contribution in [-0.4, -0.2) is 12.4 Å². The molecule has 0 fully saturated rings. The first-order valence-electron chi connectivity index (χ1n) is 6.95. The standard InChI is InChI=1S/C18H19NO2/c1-3-21-18-12-8-7-11-16(18)19-14(2)13-17(20)15-9-5-4-6-10-15/h4-12,19H,2-3,13H2,1H3. The van der Waals surface area contributed by atoms with E-state index >= 15 is 0 Å². The number of carbonyl (C=O) groups excluding carboxylic acids is 1. The van der Waals surface area contributed by atoms with Gasteiger partial charge in [-0.05, 0) is 19.1 Å². The molecule has 0 bridgehead atoms. The molecule has 1 N–H and O–H groups in total. The fraction of sp³-hybridized carbons (Fsp3) is 0.167. The van der Waals surface area contributed by atoms with Gasteiger partial charge in [-0.3, -0.25) is 4.79 Å². The molecule has 0 aromatic heterocycles. The van der Waals surface area contributed by atoms with Crippen LogP contribution in [0.5, 0.6) is 5.75 Å². The first kappa shape index (κ1) is 14.9. The highest BCUT2D eigenvalue weighted by Gasteiger charge is 2.09. The topological polar surface area (TPSA) is 38.3 Å². The molecule has 0 spiro atoms. The van der Waals surface area contributed by atoms with E-state index < -0.39 is 0 Å². The number of hydrogen-bond acceptors (Lipinski definition) is 3. The summed E-state index contributed by atoms with van der Waals surface area (Å²) < 4.78 is 5.54. The quantitative estimate of drug-likeness (QED) is 0.770. The summed E-state index contributed by atoms with van der Waals surface area (Å²) in [6, 6.07) is 16.8. The molecule has 3 heteroatoms. The lowest BCUT2D eigenvalue weighted by atomic mass is 10.1. The van der Waals surface area contributed by atoms with Gasteiger partial charge in [0.15, 0.2) is 5.78 Å². The van der Waals surface area contributed by atoms with Gasteiger partial charge in [-0.2, -0.15) is 0 Å². The predicted molar refractivity (Wildman–Crippen MR) is 85.8 cm³/mol. The average molecular weight is 281 g/mol. The van der Waals surface area contributed by atoms with Gasteiger partial charge in [0.1, 0.15) is 5.75 Å². The first-order chi connectivity index (χ1) is 10.2. The zero-order valence-electron chi connectivity index (χ0n) is 12.1. The molecule has 0 heterocycles. The van der Waals surface area contributed by atoms with E-state index in [4.69, 9.17) is 4.74 Å². The minimum absolute atomic E-state index is 0.0435. The van der Waals surface area contributed by atoms with Crippen LogP contribution in [0.2, 0.25) is 0 Å². The molecule has 0 saturated heterocycles. The monoisotopic (exact) mass is 281 g/mol. The lowest BCUT2D eigenvalue weighted by Crippen LogP contribution is -2.07. The molecule has 0 aliphatic carbocycles. The van der Waals surface area contributed by atoms with E-state index in [0.29, 0.717) is 17.9 Å². The number of ether oxygens (including phenoxy) is 1. The Balaban J connectivity index is 2.01. The highest BCUT2D eigenvalue weighted by molar-refractivity contribution is 5.97. The van der Waals surface area contributed by atoms with Gasteiger partial charge in [0.05, 0.1) is 18.7 Å². The fourth-order valence-electron chi connectivity index (χ4n) is 2.01. The van der Waals surface area contributed by atoms with Crippen molar-refractivity contribution in [1.82, 2.24) is 0 Å². The maximum Gasteiger partial charge on any atom is 0.168 e. The largest absolute Gasteiger partial charge is 0.492 e. The summed E-state index contributed by atoms with van der Waals surface area (Å²) in [6.45, 7) is 6.46. The van der Waals surface area contributed by atoms with Gasteiger partial charge in [-0.15, -0.1) is 0 Å². The number of anilines is 1. The number of hydrogen-bond donors (Lipinski definition) is 1. The van der Waals surface area contributed by atoms with E-state index in [0.717, 1.165) is 11.4 Å². The maximum atomic E-state index is 12.1. The number of para-hydroxylation sites is 2. The molecule has 0 aliphatic rings. The van der Waals surface area contributed by atoms with E-state index in [2.05, 4.69) is 11.9 Å². The second-order valence-corrected chi connectivity index (χ2v) is 4.62. The van der Waals surface area contributed by atoms with Crippen LogP contribution in [0.1, 0.15) is 23.7 Å². The van der Waals surface area contributed by atoms with Crippen LogP contribution in [0.3, 0.4) is 0 Å². The van der Waals surface area contributed by atoms with Crippen LogP contribution < -0.4 is 10.1 Å². The molecule has 2 aromatic carbocycles. The molecule has 2 rings (SSSR count). The number of nitrogens with one attached hydrogen (secondary N) is 1.